The van der Waals surface area contributed by atoms with Gasteiger partial charge in [-0.15, -0.1) is 0 Å². The molecule has 0 bridgehead atoms. The van der Waals surface area contributed by atoms with Gasteiger partial charge in [0.25, 0.3) is 10.1 Å². The summed E-state index contributed by atoms with van der Waals surface area (Å²) in [6, 6.07) is 21.1. The number of rotatable bonds is 16. The van der Waals surface area contributed by atoms with Crippen LogP contribution in [-0.2, 0) is 39.9 Å². The molecule has 6 aromatic rings. The summed E-state index contributed by atoms with van der Waals surface area (Å²) in [4.78, 5) is 38.1. The van der Waals surface area contributed by atoms with Crippen molar-refractivity contribution in [3.63, 3.8) is 0 Å². The van der Waals surface area contributed by atoms with E-state index in [2.05, 4.69) is 41.2 Å². The fourth-order valence-corrected chi connectivity index (χ4v) is 7.89. The van der Waals surface area contributed by atoms with Crippen LogP contribution in [0.3, 0.4) is 0 Å². The molecule has 2 amide bonds. The van der Waals surface area contributed by atoms with E-state index in [9.17, 15) is 34.8 Å². The lowest BCUT2D eigenvalue weighted by Gasteiger charge is -2.09. The fraction of sp³-hybridized carbons (Fsp3) is 0.263. The zero-order valence-electron chi connectivity index (χ0n) is 31.8. The monoisotopic (exact) mass is 880 g/mol. The van der Waals surface area contributed by atoms with Crippen LogP contribution in [0.2, 0.25) is 0 Å². The number of imidazole rings is 2. The van der Waals surface area contributed by atoms with Gasteiger partial charge in [-0.25, -0.2) is 9.97 Å². The maximum atomic E-state index is 12.6. The molecule has 7 N–H and O–H groups in total. The molecule has 0 spiro atoms. The minimum atomic E-state index is -4.13. The van der Waals surface area contributed by atoms with Gasteiger partial charge in [-0.2, -0.15) is 25.3 Å². The van der Waals surface area contributed by atoms with Crippen LogP contribution >= 0.6 is 0 Å². The summed E-state index contributed by atoms with van der Waals surface area (Å²) in [5.41, 5.74) is 3.53. The van der Waals surface area contributed by atoms with E-state index in [0.29, 0.717) is 33.7 Å². The molecule has 2 aliphatic rings. The van der Waals surface area contributed by atoms with Crippen LogP contribution in [0, 0.1) is 11.8 Å². The van der Waals surface area contributed by atoms with Crippen LogP contribution in [0.15, 0.2) is 94.7 Å². The Morgan fingerprint density at radius 3 is 1.45 bits per heavy atom. The van der Waals surface area contributed by atoms with Crippen LogP contribution in [0.25, 0.3) is 22.1 Å². The first-order valence-electron chi connectivity index (χ1n) is 18.7. The number of aromatic amines is 2. The van der Waals surface area contributed by atoms with Gasteiger partial charge in [0.1, 0.15) is 21.3 Å². The van der Waals surface area contributed by atoms with Gasteiger partial charge in [-0.05, 0) is 105 Å². The number of aromatic nitrogens is 4. The van der Waals surface area contributed by atoms with Gasteiger partial charge in [-0.1, -0.05) is 0 Å². The van der Waals surface area contributed by atoms with E-state index in [4.69, 9.17) is 12.9 Å². The molecule has 8 rings (SSSR count). The molecule has 2 fully saturated rings. The van der Waals surface area contributed by atoms with Crippen molar-refractivity contribution >= 4 is 87.5 Å². The normalized spacial score (nSPS) is 14.2. The lowest BCUT2D eigenvalue weighted by Crippen LogP contribution is -2.14. The first-order valence-corrected chi connectivity index (χ1v) is 23.1. The van der Waals surface area contributed by atoms with E-state index in [1.54, 1.807) is 30.3 Å². The Bertz CT molecular complexity index is 2870. The summed E-state index contributed by atoms with van der Waals surface area (Å²) in [6.07, 6.45) is 3.53. The summed E-state index contributed by atoms with van der Waals surface area (Å²) in [7, 11) is -12.2. The maximum absolute atomic E-state index is 12.6. The highest BCUT2D eigenvalue weighted by Gasteiger charge is 2.31. The summed E-state index contributed by atoms with van der Waals surface area (Å²) in [6.45, 7) is 2.67. The third-order valence-electron chi connectivity index (χ3n) is 9.05. The molecule has 0 saturated heterocycles. The van der Waals surface area contributed by atoms with Gasteiger partial charge >= 0.3 is 20.2 Å². The first-order chi connectivity index (χ1) is 28.5. The number of nitrogens with one attached hydrogen (secondary N) is 6. The molecule has 0 aliphatic heterocycles. The van der Waals surface area contributed by atoms with Crippen molar-refractivity contribution in [2.75, 3.05) is 40.1 Å². The molecule has 19 nitrogen and oxygen atoms in total. The summed E-state index contributed by atoms with van der Waals surface area (Å²) in [5, 5.41) is 11.3. The second-order valence-corrected chi connectivity index (χ2v) is 18.6. The van der Waals surface area contributed by atoms with Crippen molar-refractivity contribution in [2.45, 2.75) is 42.4 Å². The largest absolute Gasteiger partial charge is 0.385 e. The van der Waals surface area contributed by atoms with Crippen molar-refractivity contribution in [3.8, 4) is 11.5 Å². The average Bonchev–Trinajstić information content (AvgIpc) is 4.13. The maximum Gasteiger partial charge on any atom is 0.339 e. The molecule has 0 radical (unpaired) electrons. The van der Waals surface area contributed by atoms with E-state index >= 15 is 0 Å². The molecule has 2 aromatic heterocycles. The van der Waals surface area contributed by atoms with Gasteiger partial charge in [0.2, 0.25) is 23.7 Å². The number of carbonyl (C=O) groups excluding carboxylic acids is 2. The highest BCUT2D eigenvalue weighted by molar-refractivity contribution is 7.87. The number of anilines is 4. The second kappa shape index (κ2) is 17.2. The molecule has 2 aliphatic carbocycles. The standard InChI is InChI=1S/C19H20N4O7S2.C19H20N4O4S/c24-18(12-1-2-12)23-19-21-16-8-5-14(11-17(16)22-19)30-32(28,29)15-6-3-13(4-7-15)20-9-10-31(25,26)27;1-2-20-13-5-8-15(9-6-13)28(25,26)27-14-7-10-16-17(11-14)22-19(21-16)23-18(24)12-3-4-12/h3-8,11-12,20H,1-2,9-10H2,(H,25,26,27)(H2,21,22,23,24);5-12,20H,2-4H2,1H3,(H2,21,22,23,24). The molecule has 0 unspecified atom stereocenters. The lowest BCUT2D eigenvalue weighted by molar-refractivity contribution is -0.118. The summed E-state index contributed by atoms with van der Waals surface area (Å²) < 4.78 is 90.9. The molecule has 4 aromatic carbocycles. The molecule has 60 heavy (non-hydrogen) atoms. The number of amides is 2. The third kappa shape index (κ3) is 11.1. The minimum absolute atomic E-state index is 0.0246. The lowest BCUT2D eigenvalue weighted by atomic mass is 10.3. The number of hydrogen-bond donors (Lipinski definition) is 7. The zero-order valence-corrected chi connectivity index (χ0v) is 34.3. The van der Waals surface area contributed by atoms with Crippen molar-refractivity contribution in [1.82, 2.24) is 19.9 Å². The fourth-order valence-electron chi connectivity index (χ4n) is 5.69. The van der Waals surface area contributed by atoms with Crippen LogP contribution in [-0.4, -0.2) is 80.4 Å². The SMILES string of the molecule is CCNc1ccc(S(=O)(=O)Oc2ccc3nc(NC(=O)C4CC4)[nH]c3c2)cc1.O=C(Nc1nc2ccc(OS(=O)(=O)c3ccc(NCCS(=O)(=O)O)cc3)cc2[nH]1)C1CC1. The molecular formula is C38H40N8O11S3. The Morgan fingerprint density at radius 1 is 0.650 bits per heavy atom. The van der Waals surface area contributed by atoms with E-state index < -0.39 is 36.1 Å². The highest BCUT2D eigenvalue weighted by atomic mass is 32.2. The van der Waals surface area contributed by atoms with Crippen LogP contribution in [0.5, 0.6) is 11.5 Å². The number of H-pyrrole nitrogens is 2. The van der Waals surface area contributed by atoms with Crippen molar-refractivity contribution in [1.29, 1.82) is 0 Å². The van der Waals surface area contributed by atoms with Crippen molar-refractivity contribution in [3.05, 3.63) is 84.9 Å². The van der Waals surface area contributed by atoms with E-state index in [-0.39, 0.29) is 57.4 Å². The first kappa shape index (κ1) is 41.9. The molecule has 316 valence electrons. The topological polar surface area (TPSA) is 281 Å². The van der Waals surface area contributed by atoms with Crippen LogP contribution in [0.1, 0.15) is 32.6 Å². The van der Waals surface area contributed by atoms with E-state index in [0.717, 1.165) is 37.9 Å². The van der Waals surface area contributed by atoms with Gasteiger partial charge in [0.15, 0.2) is 0 Å². The Balaban J connectivity index is 0.000000183. The predicted octanol–water partition coefficient (Wildman–Crippen LogP) is 5.09. The molecule has 22 heteroatoms. The number of hydrogen-bond acceptors (Lipinski definition) is 14. The number of benzene rings is 4. The molecular weight excluding hydrogens is 841 g/mol. The Morgan fingerprint density at radius 2 is 1.07 bits per heavy atom. The van der Waals surface area contributed by atoms with Gasteiger partial charge in [-0.3, -0.25) is 24.8 Å². The van der Waals surface area contributed by atoms with Crippen molar-refractivity contribution < 1.29 is 47.8 Å². The zero-order chi connectivity index (χ0) is 42.7. The summed E-state index contributed by atoms with van der Waals surface area (Å²) >= 11 is 0. The Labute approximate surface area is 344 Å². The van der Waals surface area contributed by atoms with Gasteiger partial charge < -0.3 is 29.0 Å². The number of fused-ring (bicyclic) bond motifs is 2. The molecule has 2 saturated carbocycles. The Hall–Kier alpha value is -6.23. The number of nitrogens with zero attached hydrogens (tertiary/aromatic N) is 2. The van der Waals surface area contributed by atoms with Crippen molar-refractivity contribution in [2.24, 2.45) is 11.8 Å². The second-order valence-electron chi connectivity index (χ2n) is 13.9. The van der Waals surface area contributed by atoms with Crippen LogP contribution in [0.4, 0.5) is 23.3 Å². The summed E-state index contributed by atoms with van der Waals surface area (Å²) in [5.74, 6) is 0.312. The van der Waals surface area contributed by atoms with Crippen LogP contribution < -0.4 is 29.6 Å². The molecule has 2 heterocycles. The van der Waals surface area contributed by atoms with Gasteiger partial charge in [0, 0.05) is 48.4 Å². The third-order valence-corrected chi connectivity index (χ3v) is 12.3. The van der Waals surface area contributed by atoms with E-state index in [1.807, 2.05) is 6.92 Å². The molecule has 0 atom stereocenters. The smallest absolute Gasteiger partial charge is 0.339 e. The van der Waals surface area contributed by atoms with E-state index in [1.165, 1.54) is 54.6 Å². The number of carbonyl (C=O) groups is 2. The highest BCUT2D eigenvalue weighted by Crippen LogP contribution is 2.32. The quantitative estimate of drug-likeness (QED) is 0.0493. The minimum Gasteiger partial charge on any atom is -0.385 e. The average molecular weight is 881 g/mol. The Kier molecular flexibility index (Phi) is 12.0. The predicted molar refractivity (Wildman–Crippen MR) is 222 cm³/mol. The van der Waals surface area contributed by atoms with Gasteiger partial charge in [0.05, 0.1) is 27.8 Å².